The van der Waals surface area contributed by atoms with Crippen LogP contribution in [-0.4, -0.2) is 12.6 Å². The van der Waals surface area contributed by atoms with Crippen molar-refractivity contribution >= 4 is 5.97 Å². The second-order valence-electron chi connectivity index (χ2n) is 5.84. The van der Waals surface area contributed by atoms with Gasteiger partial charge < -0.3 is 4.74 Å². The van der Waals surface area contributed by atoms with Crippen LogP contribution in [0.15, 0.2) is 72.9 Å². The van der Waals surface area contributed by atoms with Crippen LogP contribution in [0.5, 0.6) is 0 Å². The number of hydrogen-bond acceptors (Lipinski definition) is 2. The van der Waals surface area contributed by atoms with E-state index >= 15 is 0 Å². The molecule has 0 aliphatic heterocycles. The van der Waals surface area contributed by atoms with Crippen LogP contribution in [-0.2, 0) is 9.53 Å². The van der Waals surface area contributed by atoms with Crippen LogP contribution in [0.2, 0.25) is 0 Å². The number of allylic oxidation sites excluding steroid dienone is 12. The molecule has 0 aromatic rings. The van der Waals surface area contributed by atoms with E-state index in [-0.39, 0.29) is 0 Å². The molecule has 0 fully saturated rings. The highest BCUT2D eigenvalue weighted by atomic mass is 16.5. The first kappa shape index (κ1) is 24.5. The molecule has 0 unspecified atom stereocenters. The first-order valence-corrected chi connectivity index (χ1v) is 9.84. The Morgan fingerprint density at radius 2 is 1.15 bits per heavy atom. The molecule has 0 aliphatic carbocycles. The lowest BCUT2D eigenvalue weighted by Gasteiger charge is -1.97. The highest BCUT2D eigenvalue weighted by Crippen LogP contribution is 1.98. The van der Waals surface area contributed by atoms with Crippen molar-refractivity contribution in [2.45, 2.75) is 58.3 Å². The minimum atomic E-state index is -0.585. The van der Waals surface area contributed by atoms with Gasteiger partial charge in [0.25, 0.3) is 0 Å². The van der Waals surface area contributed by atoms with Crippen molar-refractivity contribution in [3.63, 3.8) is 0 Å². The van der Waals surface area contributed by atoms with E-state index in [9.17, 15) is 4.79 Å². The van der Waals surface area contributed by atoms with Crippen LogP contribution >= 0.6 is 0 Å². The summed E-state index contributed by atoms with van der Waals surface area (Å²) < 4.78 is 4.79. The maximum Gasteiger partial charge on any atom is 0.384 e. The second-order valence-corrected chi connectivity index (χ2v) is 5.84. The summed E-state index contributed by atoms with van der Waals surface area (Å²) >= 11 is 0. The van der Waals surface area contributed by atoms with E-state index in [1.807, 2.05) is 5.92 Å². The topological polar surface area (TPSA) is 26.3 Å². The van der Waals surface area contributed by atoms with Gasteiger partial charge >= 0.3 is 5.97 Å². The molecule has 2 nitrogen and oxygen atoms in total. The Bertz CT molecular complexity index is 566. The highest BCUT2D eigenvalue weighted by Gasteiger charge is 1.93. The molecule has 0 radical (unpaired) electrons. The molecule has 0 aliphatic rings. The van der Waals surface area contributed by atoms with Crippen LogP contribution in [0, 0.1) is 12.3 Å². The number of carbonyl (C=O) groups excluding carboxylic acids is 1. The number of hydrogen-bond donors (Lipinski definition) is 0. The fourth-order valence-corrected chi connectivity index (χ4v) is 2.05. The van der Waals surface area contributed by atoms with Gasteiger partial charge in [0.15, 0.2) is 0 Å². The van der Waals surface area contributed by atoms with Gasteiger partial charge in [0.2, 0.25) is 0 Å². The van der Waals surface area contributed by atoms with E-state index in [1.165, 1.54) is 0 Å². The number of ether oxygens (including phenoxy) is 1. The summed E-state index contributed by atoms with van der Waals surface area (Å²) in [7, 11) is 0. The van der Waals surface area contributed by atoms with E-state index < -0.39 is 5.97 Å². The van der Waals surface area contributed by atoms with Gasteiger partial charge in [0.05, 0.1) is 6.61 Å². The van der Waals surface area contributed by atoms with Crippen molar-refractivity contribution in [1.82, 2.24) is 0 Å². The van der Waals surface area contributed by atoms with Gasteiger partial charge in [0, 0.05) is 5.92 Å². The molecule has 0 aromatic carbocycles. The lowest BCUT2D eigenvalue weighted by atomic mass is 10.2. The Kier molecular flexibility index (Phi) is 19.5. The molecule has 27 heavy (non-hydrogen) atoms. The minimum absolute atomic E-state index is 0.384. The average Bonchev–Trinajstić information content (AvgIpc) is 2.68. The molecule has 0 atom stereocenters. The van der Waals surface area contributed by atoms with Gasteiger partial charge in [-0.15, -0.1) is 6.42 Å². The van der Waals surface area contributed by atoms with Gasteiger partial charge in [-0.25, -0.2) is 4.79 Å². The SMILES string of the molecule is C#CC(=O)OCCC/C=C\C/C=C\C/C=C\C/C=C\C/C=C\C/C=C\CC. The van der Waals surface area contributed by atoms with Crippen molar-refractivity contribution in [3.8, 4) is 12.3 Å². The Morgan fingerprint density at radius 1 is 0.741 bits per heavy atom. The number of carbonyl (C=O) groups is 1. The summed E-state index contributed by atoms with van der Waals surface area (Å²) in [5, 5.41) is 0. The lowest BCUT2D eigenvalue weighted by molar-refractivity contribution is -0.136. The van der Waals surface area contributed by atoms with Gasteiger partial charge in [0.1, 0.15) is 0 Å². The monoisotopic (exact) mass is 366 g/mol. The van der Waals surface area contributed by atoms with Crippen molar-refractivity contribution < 1.29 is 9.53 Å². The maximum atomic E-state index is 10.7. The molecular formula is C25H34O2. The zero-order valence-electron chi connectivity index (χ0n) is 16.7. The van der Waals surface area contributed by atoms with Gasteiger partial charge in [-0.1, -0.05) is 79.8 Å². The summed E-state index contributed by atoms with van der Waals surface area (Å²) in [4.78, 5) is 10.7. The molecule has 0 heterocycles. The Morgan fingerprint density at radius 3 is 1.56 bits per heavy atom. The molecule has 0 rings (SSSR count). The molecule has 0 amide bonds. The minimum Gasteiger partial charge on any atom is -0.456 e. The zero-order chi connectivity index (χ0) is 19.8. The number of terminal acetylenes is 1. The highest BCUT2D eigenvalue weighted by molar-refractivity contribution is 5.87. The fraction of sp³-hybridized carbons (Fsp3) is 0.400. The Labute approximate surface area is 166 Å². The predicted molar refractivity (Wildman–Crippen MR) is 117 cm³/mol. The van der Waals surface area contributed by atoms with E-state index in [0.717, 1.165) is 51.4 Å². The molecule has 0 N–H and O–H groups in total. The van der Waals surface area contributed by atoms with Crippen LogP contribution in [0.4, 0.5) is 0 Å². The molecule has 0 saturated carbocycles. The van der Waals surface area contributed by atoms with Crippen LogP contribution in [0.1, 0.15) is 58.3 Å². The molecule has 0 spiro atoms. The van der Waals surface area contributed by atoms with Gasteiger partial charge in [-0.2, -0.15) is 0 Å². The third-order valence-electron chi connectivity index (χ3n) is 3.46. The van der Waals surface area contributed by atoms with Crippen molar-refractivity contribution in [2.24, 2.45) is 0 Å². The van der Waals surface area contributed by atoms with Gasteiger partial charge in [-0.3, -0.25) is 0 Å². The van der Waals surface area contributed by atoms with Crippen molar-refractivity contribution in [2.75, 3.05) is 6.61 Å². The summed E-state index contributed by atoms with van der Waals surface area (Å²) in [5.74, 6) is 1.34. The largest absolute Gasteiger partial charge is 0.456 e. The molecule has 0 aromatic heterocycles. The normalized spacial score (nSPS) is 12.4. The second kappa shape index (κ2) is 21.5. The summed E-state index contributed by atoms with van der Waals surface area (Å²) in [6, 6.07) is 0. The molecular weight excluding hydrogens is 332 g/mol. The van der Waals surface area contributed by atoms with Gasteiger partial charge in [-0.05, 0) is 51.4 Å². The standard InChI is InChI=1S/C25H34O2/c1-3-5-6-7-8-9-10-11-12-13-14-15-16-17-18-19-20-21-22-23-24-27-25(26)4-2/h2,5-6,8-9,11-12,14-15,17-18,20-21H,3,7,10,13,16,19,22-24H2,1H3/b6-5-,9-8-,12-11-,15-14-,18-17-,21-20-. The Hall–Kier alpha value is -2.53. The molecule has 0 saturated heterocycles. The quantitative estimate of drug-likeness (QED) is 0.107. The third kappa shape index (κ3) is 21.4. The van der Waals surface area contributed by atoms with Crippen LogP contribution in [0.3, 0.4) is 0 Å². The van der Waals surface area contributed by atoms with Crippen LogP contribution in [0.25, 0.3) is 0 Å². The Balaban J connectivity index is 3.51. The van der Waals surface area contributed by atoms with Crippen molar-refractivity contribution in [3.05, 3.63) is 72.9 Å². The van der Waals surface area contributed by atoms with E-state index in [1.54, 1.807) is 0 Å². The summed E-state index contributed by atoms with van der Waals surface area (Å²) in [6.07, 6.45) is 38.8. The predicted octanol–water partition coefficient (Wildman–Crippen LogP) is 6.64. The smallest absolute Gasteiger partial charge is 0.384 e. The summed E-state index contributed by atoms with van der Waals surface area (Å²) in [6.45, 7) is 2.53. The lowest BCUT2D eigenvalue weighted by Crippen LogP contribution is -2.01. The number of unbranched alkanes of at least 4 members (excludes halogenated alkanes) is 1. The first-order chi connectivity index (χ1) is 13.3. The summed E-state index contributed by atoms with van der Waals surface area (Å²) in [5.41, 5.74) is 0. The van der Waals surface area contributed by atoms with Crippen molar-refractivity contribution in [1.29, 1.82) is 0 Å². The maximum absolute atomic E-state index is 10.7. The number of rotatable bonds is 15. The van der Waals surface area contributed by atoms with E-state index in [4.69, 9.17) is 11.2 Å². The average molecular weight is 367 g/mol. The fourth-order valence-electron chi connectivity index (χ4n) is 2.05. The zero-order valence-corrected chi connectivity index (χ0v) is 16.7. The third-order valence-corrected chi connectivity index (χ3v) is 3.46. The first-order valence-electron chi connectivity index (χ1n) is 9.84. The molecule has 0 bridgehead atoms. The molecule has 2 heteroatoms. The molecule has 146 valence electrons. The van der Waals surface area contributed by atoms with Crippen LogP contribution < -0.4 is 0 Å². The number of esters is 1. The van der Waals surface area contributed by atoms with E-state index in [0.29, 0.717) is 6.61 Å². The van der Waals surface area contributed by atoms with E-state index in [2.05, 4.69) is 79.8 Å².